The number of rotatable bonds is 9. The molecule has 0 fully saturated rings. The first-order valence-corrected chi connectivity index (χ1v) is 8.44. The molecule has 6 heteroatoms. The van der Waals surface area contributed by atoms with Crippen LogP contribution in [-0.2, 0) is 11.2 Å². The number of nitrogens with one attached hydrogen (secondary N) is 1. The van der Waals surface area contributed by atoms with Crippen molar-refractivity contribution in [3.05, 3.63) is 53.8 Å². The SMILES string of the molecule is COc1ccc(CCCNC(=O)[C@@H](C)Oc2ccc(F)cc2)cc1OC. The van der Waals surface area contributed by atoms with Crippen LogP contribution >= 0.6 is 0 Å². The Bertz CT molecular complexity index is 718. The van der Waals surface area contributed by atoms with Gasteiger partial charge in [-0.05, 0) is 61.7 Å². The minimum Gasteiger partial charge on any atom is -0.493 e. The quantitative estimate of drug-likeness (QED) is 0.696. The highest BCUT2D eigenvalue weighted by Crippen LogP contribution is 2.27. The second-order valence-corrected chi connectivity index (χ2v) is 5.80. The Morgan fingerprint density at radius 3 is 2.42 bits per heavy atom. The lowest BCUT2D eigenvalue weighted by molar-refractivity contribution is -0.127. The van der Waals surface area contributed by atoms with Crippen LogP contribution in [0.25, 0.3) is 0 Å². The third kappa shape index (κ3) is 5.65. The van der Waals surface area contributed by atoms with Crippen molar-refractivity contribution in [2.75, 3.05) is 20.8 Å². The topological polar surface area (TPSA) is 56.8 Å². The van der Waals surface area contributed by atoms with Crippen LogP contribution in [0.1, 0.15) is 18.9 Å². The highest BCUT2D eigenvalue weighted by molar-refractivity contribution is 5.80. The summed E-state index contributed by atoms with van der Waals surface area (Å²) in [5.41, 5.74) is 1.10. The van der Waals surface area contributed by atoms with Gasteiger partial charge in [0.2, 0.25) is 0 Å². The number of halogens is 1. The molecule has 0 aromatic heterocycles. The van der Waals surface area contributed by atoms with Gasteiger partial charge in [0, 0.05) is 6.54 Å². The Morgan fingerprint density at radius 1 is 1.08 bits per heavy atom. The zero-order valence-electron chi connectivity index (χ0n) is 15.3. The molecular formula is C20H24FNO4. The summed E-state index contributed by atoms with van der Waals surface area (Å²) >= 11 is 0. The van der Waals surface area contributed by atoms with E-state index < -0.39 is 6.10 Å². The molecule has 0 aliphatic heterocycles. The van der Waals surface area contributed by atoms with Crippen molar-refractivity contribution in [3.8, 4) is 17.2 Å². The molecule has 140 valence electrons. The maximum atomic E-state index is 12.9. The number of benzene rings is 2. The van der Waals surface area contributed by atoms with Gasteiger partial charge in [-0.15, -0.1) is 0 Å². The molecule has 0 spiro atoms. The molecule has 1 amide bonds. The standard InChI is InChI=1S/C20H24FNO4/c1-14(26-17-9-7-16(21)8-10-17)20(23)22-12-4-5-15-6-11-18(24-2)19(13-15)25-3/h6-11,13-14H,4-5,12H2,1-3H3,(H,22,23)/t14-/m1/s1. The lowest BCUT2D eigenvalue weighted by Gasteiger charge is -2.15. The first-order chi connectivity index (χ1) is 12.5. The van der Waals surface area contributed by atoms with Gasteiger partial charge in [-0.1, -0.05) is 6.07 Å². The molecule has 0 saturated carbocycles. The lowest BCUT2D eigenvalue weighted by atomic mass is 10.1. The van der Waals surface area contributed by atoms with E-state index in [2.05, 4.69) is 5.32 Å². The van der Waals surface area contributed by atoms with Crippen molar-refractivity contribution in [3.63, 3.8) is 0 Å². The van der Waals surface area contributed by atoms with E-state index in [9.17, 15) is 9.18 Å². The van der Waals surface area contributed by atoms with Crippen LogP contribution in [-0.4, -0.2) is 32.8 Å². The Hall–Kier alpha value is -2.76. The van der Waals surface area contributed by atoms with Crippen molar-refractivity contribution in [2.45, 2.75) is 25.9 Å². The average molecular weight is 361 g/mol. The predicted octanol–water partition coefficient (Wildman–Crippen LogP) is 3.36. The maximum Gasteiger partial charge on any atom is 0.260 e. The van der Waals surface area contributed by atoms with Gasteiger partial charge in [-0.25, -0.2) is 4.39 Å². The Morgan fingerprint density at radius 2 is 1.77 bits per heavy atom. The van der Waals surface area contributed by atoms with Gasteiger partial charge in [-0.3, -0.25) is 4.79 Å². The molecule has 0 unspecified atom stereocenters. The average Bonchev–Trinajstić information content (AvgIpc) is 2.66. The monoisotopic (exact) mass is 361 g/mol. The highest BCUT2D eigenvalue weighted by Gasteiger charge is 2.14. The van der Waals surface area contributed by atoms with E-state index in [4.69, 9.17) is 14.2 Å². The van der Waals surface area contributed by atoms with Gasteiger partial charge in [-0.2, -0.15) is 0 Å². The number of ether oxygens (including phenoxy) is 3. The van der Waals surface area contributed by atoms with Gasteiger partial charge in [0.1, 0.15) is 11.6 Å². The third-order valence-corrected chi connectivity index (χ3v) is 3.89. The van der Waals surface area contributed by atoms with Gasteiger partial charge in [0.15, 0.2) is 17.6 Å². The van der Waals surface area contributed by atoms with Crippen LogP contribution < -0.4 is 19.5 Å². The van der Waals surface area contributed by atoms with Crippen molar-refractivity contribution in [1.82, 2.24) is 5.32 Å². The third-order valence-electron chi connectivity index (χ3n) is 3.89. The molecule has 2 aromatic rings. The van der Waals surface area contributed by atoms with Crippen molar-refractivity contribution in [2.24, 2.45) is 0 Å². The van der Waals surface area contributed by atoms with Crippen LogP contribution in [0.15, 0.2) is 42.5 Å². The Kier molecular flexibility index (Phi) is 7.26. The molecule has 1 N–H and O–H groups in total. The summed E-state index contributed by atoms with van der Waals surface area (Å²) in [6.45, 7) is 2.19. The van der Waals surface area contributed by atoms with E-state index in [0.717, 1.165) is 18.4 Å². The second-order valence-electron chi connectivity index (χ2n) is 5.80. The summed E-state index contributed by atoms with van der Waals surface area (Å²) in [5.74, 6) is 1.29. The van der Waals surface area contributed by atoms with Crippen LogP contribution in [0.3, 0.4) is 0 Å². The van der Waals surface area contributed by atoms with E-state index in [1.165, 1.54) is 24.3 Å². The summed E-state index contributed by atoms with van der Waals surface area (Å²) in [6.07, 6.45) is 0.930. The normalized spacial score (nSPS) is 11.5. The lowest BCUT2D eigenvalue weighted by Crippen LogP contribution is -2.36. The van der Waals surface area contributed by atoms with Crippen molar-refractivity contribution >= 4 is 5.91 Å². The van der Waals surface area contributed by atoms with Gasteiger partial charge >= 0.3 is 0 Å². The molecule has 1 atom stereocenters. The second kappa shape index (κ2) is 9.65. The molecule has 0 bridgehead atoms. The van der Waals surface area contributed by atoms with E-state index in [1.807, 2.05) is 18.2 Å². The molecule has 0 heterocycles. The number of amides is 1. The highest BCUT2D eigenvalue weighted by atomic mass is 19.1. The van der Waals surface area contributed by atoms with E-state index in [-0.39, 0.29) is 11.7 Å². The maximum absolute atomic E-state index is 12.9. The molecule has 5 nitrogen and oxygen atoms in total. The molecule has 2 aromatic carbocycles. The summed E-state index contributed by atoms with van der Waals surface area (Å²) in [4.78, 5) is 12.1. The summed E-state index contributed by atoms with van der Waals surface area (Å²) in [6, 6.07) is 11.4. The van der Waals surface area contributed by atoms with Gasteiger partial charge in [0.25, 0.3) is 5.91 Å². The Labute approximate surface area is 153 Å². The predicted molar refractivity (Wildman–Crippen MR) is 97.4 cm³/mol. The zero-order valence-corrected chi connectivity index (χ0v) is 15.3. The first-order valence-electron chi connectivity index (χ1n) is 8.44. The molecule has 2 rings (SSSR count). The van der Waals surface area contributed by atoms with E-state index in [0.29, 0.717) is 23.8 Å². The number of carbonyl (C=O) groups is 1. The fourth-order valence-electron chi connectivity index (χ4n) is 2.45. The van der Waals surface area contributed by atoms with Gasteiger partial charge < -0.3 is 19.5 Å². The summed E-state index contributed by atoms with van der Waals surface area (Å²) in [5, 5.41) is 2.84. The smallest absolute Gasteiger partial charge is 0.260 e. The minimum atomic E-state index is -0.651. The number of carbonyl (C=O) groups excluding carboxylic acids is 1. The van der Waals surface area contributed by atoms with Crippen molar-refractivity contribution < 1.29 is 23.4 Å². The molecule has 0 radical (unpaired) electrons. The molecule has 26 heavy (non-hydrogen) atoms. The van der Waals surface area contributed by atoms with Crippen LogP contribution in [0.5, 0.6) is 17.2 Å². The largest absolute Gasteiger partial charge is 0.493 e. The van der Waals surface area contributed by atoms with Crippen LogP contribution in [0, 0.1) is 5.82 Å². The molecule has 0 saturated heterocycles. The number of hydrogen-bond donors (Lipinski definition) is 1. The van der Waals surface area contributed by atoms with Crippen molar-refractivity contribution in [1.29, 1.82) is 0 Å². The Balaban J connectivity index is 1.75. The summed E-state index contributed by atoms with van der Waals surface area (Å²) in [7, 11) is 3.20. The van der Waals surface area contributed by atoms with Crippen LogP contribution in [0.4, 0.5) is 4.39 Å². The molecule has 0 aliphatic carbocycles. The van der Waals surface area contributed by atoms with Crippen LogP contribution in [0.2, 0.25) is 0 Å². The number of hydrogen-bond acceptors (Lipinski definition) is 4. The fourth-order valence-corrected chi connectivity index (χ4v) is 2.45. The van der Waals surface area contributed by atoms with Gasteiger partial charge in [0.05, 0.1) is 14.2 Å². The first kappa shape index (κ1) is 19.6. The number of methoxy groups -OCH3 is 2. The molecular weight excluding hydrogens is 337 g/mol. The number of aryl methyl sites for hydroxylation is 1. The van der Waals surface area contributed by atoms with E-state index in [1.54, 1.807) is 21.1 Å². The zero-order chi connectivity index (χ0) is 18.9. The van der Waals surface area contributed by atoms with E-state index >= 15 is 0 Å². The fraction of sp³-hybridized carbons (Fsp3) is 0.350. The molecule has 0 aliphatic rings. The minimum absolute atomic E-state index is 0.207. The summed E-state index contributed by atoms with van der Waals surface area (Å²) < 4.78 is 28.9.